The van der Waals surface area contributed by atoms with Gasteiger partial charge < -0.3 is 0 Å². The summed E-state index contributed by atoms with van der Waals surface area (Å²) in [5.41, 5.74) is 0. The molecule has 0 aliphatic rings. The molecule has 2 heteroatoms. The second-order valence-corrected chi connectivity index (χ2v) is 1.01. The monoisotopic (exact) mass is 102 g/mol. The third-order valence-corrected chi connectivity index (χ3v) is 0. The molecule has 0 aliphatic carbocycles. The van der Waals surface area contributed by atoms with Crippen LogP contribution in [0.1, 0.15) is 6.92 Å². The molecule has 0 saturated carbocycles. The molecule has 0 spiro atoms. The van der Waals surface area contributed by atoms with Gasteiger partial charge in [0.15, 0.2) is 0 Å². The van der Waals surface area contributed by atoms with Gasteiger partial charge in [-0.2, -0.15) is 0 Å². The standard InChI is InChI=1S/C3H6O.C2H4O/c1-3(2)4;1-2-3/h3H,1H2,2H3;1-2H2. The average molecular weight is 102 g/mol. The van der Waals surface area contributed by atoms with Crippen LogP contribution in [0.2, 0.25) is 0 Å². The van der Waals surface area contributed by atoms with Crippen LogP contribution in [-0.4, -0.2) is 12.7 Å². The SMILES string of the molecule is [CH2]C(C)[O].[CH2]C[O]. The quantitative estimate of drug-likeness (QED) is 0.436. The molecule has 2 nitrogen and oxygen atoms in total. The lowest BCUT2D eigenvalue weighted by Gasteiger charge is -1.74. The zero-order valence-corrected chi connectivity index (χ0v) is 4.52. The van der Waals surface area contributed by atoms with Crippen molar-refractivity contribution < 1.29 is 10.2 Å². The summed E-state index contributed by atoms with van der Waals surface area (Å²) in [5, 5.41) is 18.2. The van der Waals surface area contributed by atoms with E-state index >= 15 is 0 Å². The fraction of sp³-hybridized carbons (Fsp3) is 0.600. The Kier molecular flexibility index (Phi) is 13.3. The van der Waals surface area contributed by atoms with E-state index in [4.69, 9.17) is 5.11 Å². The molecule has 0 rings (SSSR count). The molecule has 0 bridgehead atoms. The minimum absolute atomic E-state index is 0.250. The first kappa shape index (κ1) is 10.0. The molecule has 1 unspecified atom stereocenters. The topological polar surface area (TPSA) is 39.8 Å². The highest BCUT2D eigenvalue weighted by Gasteiger charge is 1.73. The van der Waals surface area contributed by atoms with Gasteiger partial charge in [0.25, 0.3) is 0 Å². The van der Waals surface area contributed by atoms with Crippen molar-refractivity contribution in [3.05, 3.63) is 13.8 Å². The first-order valence-electron chi connectivity index (χ1n) is 2.01. The van der Waals surface area contributed by atoms with E-state index in [1.54, 1.807) is 0 Å². The maximum absolute atomic E-state index is 9.42. The predicted octanol–water partition coefficient (Wildman–Crippen LogP) is 0.890. The lowest BCUT2D eigenvalue weighted by Crippen LogP contribution is -1.82. The molecule has 0 saturated heterocycles. The van der Waals surface area contributed by atoms with Gasteiger partial charge in [0, 0.05) is 0 Å². The molecule has 0 aromatic rings. The Labute approximate surface area is 44.8 Å². The van der Waals surface area contributed by atoms with E-state index in [0.29, 0.717) is 0 Å². The van der Waals surface area contributed by atoms with Crippen molar-refractivity contribution in [2.24, 2.45) is 0 Å². The number of rotatable bonds is 0. The van der Waals surface area contributed by atoms with Crippen molar-refractivity contribution in [3.63, 3.8) is 0 Å². The van der Waals surface area contributed by atoms with Gasteiger partial charge in [0.2, 0.25) is 0 Å². The Morgan fingerprint density at radius 3 is 1.71 bits per heavy atom. The Bertz CT molecular complexity index is 17.3. The zero-order chi connectivity index (χ0) is 6.28. The van der Waals surface area contributed by atoms with Crippen molar-refractivity contribution in [3.8, 4) is 0 Å². The minimum Gasteiger partial charge on any atom is -0.237 e. The van der Waals surface area contributed by atoms with Crippen LogP contribution >= 0.6 is 0 Å². The predicted molar refractivity (Wildman–Crippen MR) is 26.4 cm³/mol. The minimum atomic E-state index is -0.667. The van der Waals surface area contributed by atoms with Gasteiger partial charge >= 0.3 is 0 Å². The third-order valence-electron chi connectivity index (χ3n) is 0. The molecule has 0 N–H and O–H groups in total. The van der Waals surface area contributed by atoms with E-state index < -0.39 is 6.10 Å². The fourth-order valence-corrected chi connectivity index (χ4v) is 0. The van der Waals surface area contributed by atoms with Crippen molar-refractivity contribution in [2.75, 3.05) is 6.61 Å². The van der Waals surface area contributed by atoms with E-state index in [1.165, 1.54) is 6.92 Å². The first-order valence-corrected chi connectivity index (χ1v) is 2.01. The van der Waals surface area contributed by atoms with Gasteiger partial charge in [-0.3, -0.25) is 0 Å². The van der Waals surface area contributed by atoms with Crippen LogP contribution in [0.4, 0.5) is 0 Å². The Balaban J connectivity index is 0. The summed E-state index contributed by atoms with van der Waals surface area (Å²) in [7, 11) is 0. The van der Waals surface area contributed by atoms with Gasteiger partial charge in [-0.1, -0.05) is 0 Å². The Hall–Kier alpha value is -0.0800. The van der Waals surface area contributed by atoms with Crippen molar-refractivity contribution in [1.82, 2.24) is 0 Å². The normalized spacial score (nSPS) is 7.71. The number of hydrogen-bond acceptors (Lipinski definition) is 0. The molecule has 0 amide bonds. The first-order chi connectivity index (χ1) is 3.15. The van der Waals surface area contributed by atoms with Crippen molar-refractivity contribution in [2.45, 2.75) is 13.0 Å². The maximum atomic E-state index is 9.42. The largest absolute Gasteiger partial charge is 0.237 e. The van der Waals surface area contributed by atoms with E-state index in [9.17, 15) is 5.11 Å². The summed E-state index contributed by atoms with van der Waals surface area (Å²) >= 11 is 0. The highest BCUT2D eigenvalue weighted by molar-refractivity contribution is 4.40. The van der Waals surface area contributed by atoms with Gasteiger partial charge in [0.05, 0.1) is 12.7 Å². The Morgan fingerprint density at radius 2 is 1.71 bits per heavy atom. The zero-order valence-electron chi connectivity index (χ0n) is 4.52. The Morgan fingerprint density at radius 1 is 1.71 bits per heavy atom. The van der Waals surface area contributed by atoms with Crippen LogP contribution in [0.25, 0.3) is 0 Å². The highest BCUT2D eigenvalue weighted by Crippen LogP contribution is 1.66. The van der Waals surface area contributed by atoms with Crippen LogP contribution in [0, 0.1) is 13.8 Å². The molecule has 0 aromatic carbocycles. The molecule has 0 aromatic heterocycles. The molecule has 0 fully saturated rings. The smallest absolute Gasteiger partial charge is 0.0903 e. The van der Waals surface area contributed by atoms with E-state index in [1.807, 2.05) is 0 Å². The van der Waals surface area contributed by atoms with Crippen LogP contribution in [0.15, 0.2) is 0 Å². The fourth-order valence-electron chi connectivity index (χ4n) is 0. The summed E-state index contributed by atoms with van der Waals surface area (Å²) in [6.45, 7) is 7.26. The molecule has 7 heavy (non-hydrogen) atoms. The summed E-state index contributed by atoms with van der Waals surface area (Å²) in [4.78, 5) is 0. The average Bonchev–Trinajstić information content (AvgIpc) is 1.33. The molecule has 0 aliphatic heterocycles. The number of hydrogen-bond donors (Lipinski definition) is 0. The summed E-state index contributed by atoms with van der Waals surface area (Å²) in [6.07, 6.45) is -0.667. The molecule has 42 valence electrons. The van der Waals surface area contributed by atoms with Gasteiger partial charge in [-0.25, -0.2) is 10.2 Å². The van der Waals surface area contributed by atoms with Crippen molar-refractivity contribution >= 4 is 0 Å². The van der Waals surface area contributed by atoms with Crippen LogP contribution in [0.5, 0.6) is 0 Å². The lowest BCUT2D eigenvalue weighted by atomic mass is 10.5. The van der Waals surface area contributed by atoms with E-state index in [-0.39, 0.29) is 6.61 Å². The van der Waals surface area contributed by atoms with Gasteiger partial charge in [0.1, 0.15) is 0 Å². The summed E-state index contributed by atoms with van der Waals surface area (Å²) < 4.78 is 0. The maximum Gasteiger partial charge on any atom is 0.0903 e. The molecule has 0 heterocycles. The van der Waals surface area contributed by atoms with E-state index in [0.717, 1.165) is 0 Å². The van der Waals surface area contributed by atoms with E-state index in [2.05, 4.69) is 13.8 Å². The molecule has 1 atom stereocenters. The second kappa shape index (κ2) is 9.33. The lowest BCUT2D eigenvalue weighted by molar-refractivity contribution is 0.144. The van der Waals surface area contributed by atoms with Gasteiger partial charge in [-0.05, 0) is 20.8 Å². The highest BCUT2D eigenvalue weighted by atomic mass is 16.3. The van der Waals surface area contributed by atoms with Crippen LogP contribution < -0.4 is 0 Å². The second-order valence-electron chi connectivity index (χ2n) is 1.01. The third kappa shape index (κ3) is 14200. The molecule has 4 radical (unpaired) electrons. The summed E-state index contributed by atoms with van der Waals surface area (Å²) in [6, 6.07) is 0. The van der Waals surface area contributed by atoms with Crippen LogP contribution in [-0.2, 0) is 10.2 Å². The summed E-state index contributed by atoms with van der Waals surface area (Å²) in [5.74, 6) is 0. The molecular formula is C5H10O2. The van der Waals surface area contributed by atoms with Crippen LogP contribution in [0.3, 0.4) is 0 Å². The molecular weight excluding hydrogens is 92.1 g/mol. The van der Waals surface area contributed by atoms with Gasteiger partial charge in [-0.15, -0.1) is 0 Å². The van der Waals surface area contributed by atoms with Crippen molar-refractivity contribution in [1.29, 1.82) is 0 Å².